The normalized spacial score (nSPS) is 14.8. The Morgan fingerprint density at radius 3 is 2.36 bits per heavy atom. The molecule has 2 aromatic rings. The van der Waals surface area contributed by atoms with Crippen molar-refractivity contribution in [2.45, 2.75) is 26.4 Å². The van der Waals surface area contributed by atoms with E-state index in [1.807, 2.05) is 25.7 Å². The molecular formula is C19H22ClFN4O3. The van der Waals surface area contributed by atoms with E-state index in [1.165, 1.54) is 30.3 Å². The summed E-state index contributed by atoms with van der Waals surface area (Å²) in [6, 6.07) is 7.10. The fourth-order valence-corrected chi connectivity index (χ4v) is 2.79. The Kier molecular flexibility index (Phi) is 5.88. The molecule has 0 radical (unpaired) electrons. The Labute approximate surface area is 168 Å². The van der Waals surface area contributed by atoms with Crippen LogP contribution in [-0.2, 0) is 4.74 Å². The van der Waals surface area contributed by atoms with Crippen molar-refractivity contribution in [1.29, 1.82) is 0 Å². The second kappa shape index (κ2) is 8.18. The van der Waals surface area contributed by atoms with Gasteiger partial charge in [-0.3, -0.25) is 0 Å². The van der Waals surface area contributed by atoms with Crippen molar-refractivity contribution in [3.63, 3.8) is 0 Å². The first-order valence-corrected chi connectivity index (χ1v) is 9.28. The molecule has 0 atom stereocenters. The molecule has 1 aromatic carbocycles. The Morgan fingerprint density at radius 1 is 1.11 bits per heavy atom. The summed E-state index contributed by atoms with van der Waals surface area (Å²) in [4.78, 5) is 24.4. The van der Waals surface area contributed by atoms with Gasteiger partial charge in [-0.05, 0) is 45.0 Å². The Morgan fingerprint density at radius 2 is 1.75 bits per heavy atom. The van der Waals surface area contributed by atoms with Crippen LogP contribution in [0.15, 0.2) is 30.3 Å². The van der Waals surface area contributed by atoms with Gasteiger partial charge in [0.1, 0.15) is 22.3 Å². The maximum atomic E-state index is 13.0. The van der Waals surface area contributed by atoms with Gasteiger partial charge >= 0.3 is 6.09 Å². The quantitative estimate of drug-likeness (QED) is 0.712. The van der Waals surface area contributed by atoms with E-state index < -0.39 is 5.60 Å². The number of hydrogen-bond donors (Lipinski definition) is 0. The van der Waals surface area contributed by atoms with Crippen molar-refractivity contribution >= 4 is 23.6 Å². The van der Waals surface area contributed by atoms with Crippen LogP contribution in [0.1, 0.15) is 20.8 Å². The molecule has 0 N–H and O–H groups in total. The van der Waals surface area contributed by atoms with Crippen LogP contribution in [0.4, 0.5) is 15.1 Å². The van der Waals surface area contributed by atoms with Crippen LogP contribution >= 0.6 is 11.6 Å². The van der Waals surface area contributed by atoms with Crippen LogP contribution < -0.4 is 9.64 Å². The summed E-state index contributed by atoms with van der Waals surface area (Å²) in [5.41, 5.74) is -0.531. The predicted molar refractivity (Wildman–Crippen MR) is 104 cm³/mol. The number of ether oxygens (including phenoxy) is 2. The van der Waals surface area contributed by atoms with Crippen LogP contribution in [0.25, 0.3) is 0 Å². The van der Waals surface area contributed by atoms with Gasteiger partial charge in [-0.2, -0.15) is 4.98 Å². The van der Waals surface area contributed by atoms with E-state index in [0.717, 1.165) is 0 Å². The fourth-order valence-electron chi connectivity index (χ4n) is 2.62. The molecule has 0 unspecified atom stereocenters. The molecule has 7 nitrogen and oxygen atoms in total. The number of benzene rings is 1. The van der Waals surface area contributed by atoms with Crippen LogP contribution in [0, 0.1) is 5.82 Å². The fraction of sp³-hybridized carbons (Fsp3) is 0.421. The summed E-state index contributed by atoms with van der Waals surface area (Å²) in [5, 5.41) is 0.233. The number of aromatic nitrogens is 2. The van der Waals surface area contributed by atoms with Gasteiger partial charge in [-0.1, -0.05) is 11.6 Å². The second-order valence-electron chi connectivity index (χ2n) is 7.34. The maximum Gasteiger partial charge on any atom is 0.410 e. The Balaban J connectivity index is 1.65. The zero-order chi connectivity index (χ0) is 20.3. The van der Waals surface area contributed by atoms with E-state index in [0.29, 0.717) is 37.9 Å². The van der Waals surface area contributed by atoms with Crippen molar-refractivity contribution < 1.29 is 18.7 Å². The molecule has 1 aliphatic heterocycles. The molecule has 0 spiro atoms. The van der Waals surface area contributed by atoms with Crippen molar-refractivity contribution in [3.8, 4) is 11.6 Å². The topological polar surface area (TPSA) is 67.8 Å². The molecule has 9 heteroatoms. The van der Waals surface area contributed by atoms with E-state index in [2.05, 4.69) is 9.97 Å². The molecule has 0 bridgehead atoms. The molecule has 0 saturated carbocycles. The van der Waals surface area contributed by atoms with Gasteiger partial charge in [-0.15, -0.1) is 0 Å². The lowest BCUT2D eigenvalue weighted by Crippen LogP contribution is -2.50. The minimum Gasteiger partial charge on any atom is -0.444 e. The van der Waals surface area contributed by atoms with Crippen molar-refractivity contribution in [2.75, 3.05) is 31.1 Å². The van der Waals surface area contributed by atoms with Gasteiger partial charge in [0.2, 0.25) is 11.8 Å². The number of carbonyl (C=O) groups is 1. The summed E-state index contributed by atoms with van der Waals surface area (Å²) in [6.07, 6.45) is -0.334. The average Bonchev–Trinajstić information content (AvgIpc) is 2.62. The number of halogens is 2. The highest BCUT2D eigenvalue weighted by Crippen LogP contribution is 2.25. The smallest absolute Gasteiger partial charge is 0.410 e. The molecule has 3 rings (SSSR count). The van der Waals surface area contributed by atoms with E-state index in [4.69, 9.17) is 21.1 Å². The number of rotatable bonds is 3. The first-order valence-electron chi connectivity index (χ1n) is 8.90. The van der Waals surface area contributed by atoms with E-state index in [1.54, 1.807) is 4.90 Å². The van der Waals surface area contributed by atoms with Gasteiger partial charge < -0.3 is 19.3 Å². The first kappa shape index (κ1) is 20.1. The zero-order valence-corrected chi connectivity index (χ0v) is 16.7. The van der Waals surface area contributed by atoms with E-state index in [-0.39, 0.29) is 22.9 Å². The summed E-state index contributed by atoms with van der Waals surface area (Å²) >= 11 is 6.11. The number of carbonyl (C=O) groups excluding carboxylic acids is 1. The van der Waals surface area contributed by atoms with Gasteiger partial charge in [0.25, 0.3) is 0 Å². The molecule has 1 aromatic heterocycles. The highest BCUT2D eigenvalue weighted by atomic mass is 35.5. The Hall–Kier alpha value is -2.61. The number of piperazine rings is 1. The third kappa shape index (κ3) is 5.45. The molecule has 1 fully saturated rings. The summed E-state index contributed by atoms with van der Waals surface area (Å²) in [7, 11) is 0. The maximum absolute atomic E-state index is 13.0. The minimum absolute atomic E-state index is 0.233. The number of nitrogens with zero attached hydrogens (tertiary/aromatic N) is 4. The van der Waals surface area contributed by atoms with Crippen LogP contribution in [-0.4, -0.2) is 52.7 Å². The first-order chi connectivity index (χ1) is 13.2. The van der Waals surface area contributed by atoms with Gasteiger partial charge in [0.15, 0.2) is 0 Å². The predicted octanol–water partition coefficient (Wildman–Crippen LogP) is 4.12. The van der Waals surface area contributed by atoms with Crippen LogP contribution in [0.5, 0.6) is 11.6 Å². The number of amides is 1. The van der Waals surface area contributed by atoms with E-state index >= 15 is 0 Å². The molecule has 0 aliphatic carbocycles. The van der Waals surface area contributed by atoms with Crippen molar-refractivity contribution in [1.82, 2.24) is 14.9 Å². The SMILES string of the molecule is CC(C)(C)OC(=O)N1CCN(c2nc(Cl)cc(Oc3ccc(F)cc3)n2)CC1. The third-order valence-electron chi connectivity index (χ3n) is 3.91. The van der Waals surface area contributed by atoms with Crippen molar-refractivity contribution in [3.05, 3.63) is 41.3 Å². The van der Waals surface area contributed by atoms with Gasteiger partial charge in [0.05, 0.1) is 0 Å². The molecule has 28 heavy (non-hydrogen) atoms. The lowest BCUT2D eigenvalue weighted by atomic mass is 10.2. The zero-order valence-electron chi connectivity index (χ0n) is 16.0. The van der Waals surface area contributed by atoms with Crippen molar-refractivity contribution in [2.24, 2.45) is 0 Å². The summed E-state index contributed by atoms with van der Waals surface area (Å²) in [5.74, 6) is 0.762. The summed E-state index contributed by atoms with van der Waals surface area (Å²) < 4.78 is 24.1. The van der Waals surface area contributed by atoms with Crippen LogP contribution in [0.3, 0.4) is 0 Å². The van der Waals surface area contributed by atoms with E-state index in [9.17, 15) is 9.18 Å². The standard InChI is InChI=1S/C19H22ClFN4O3/c1-19(2,3)28-18(26)25-10-8-24(9-11-25)17-22-15(20)12-16(23-17)27-14-6-4-13(21)5-7-14/h4-7,12H,8-11H2,1-3H3. The molecule has 2 heterocycles. The lowest BCUT2D eigenvalue weighted by molar-refractivity contribution is 0.0240. The molecule has 1 amide bonds. The summed E-state index contributed by atoms with van der Waals surface area (Å²) in [6.45, 7) is 7.56. The molecular weight excluding hydrogens is 387 g/mol. The molecule has 1 saturated heterocycles. The highest BCUT2D eigenvalue weighted by Gasteiger charge is 2.27. The van der Waals surface area contributed by atoms with Crippen LogP contribution in [0.2, 0.25) is 5.15 Å². The largest absolute Gasteiger partial charge is 0.444 e. The Bertz CT molecular complexity index is 834. The second-order valence-corrected chi connectivity index (χ2v) is 7.73. The lowest BCUT2D eigenvalue weighted by Gasteiger charge is -2.35. The average molecular weight is 409 g/mol. The highest BCUT2D eigenvalue weighted by molar-refractivity contribution is 6.29. The number of hydrogen-bond acceptors (Lipinski definition) is 6. The molecule has 1 aliphatic rings. The minimum atomic E-state index is -0.531. The van der Waals surface area contributed by atoms with Gasteiger partial charge in [0, 0.05) is 32.2 Å². The number of anilines is 1. The molecule has 150 valence electrons. The van der Waals surface area contributed by atoms with Gasteiger partial charge in [-0.25, -0.2) is 14.2 Å². The monoisotopic (exact) mass is 408 g/mol. The third-order valence-corrected chi connectivity index (χ3v) is 4.10.